The maximum atomic E-state index is 11.7. The molecule has 0 bridgehead atoms. The van der Waals surface area contributed by atoms with Gasteiger partial charge in [0.15, 0.2) is 0 Å². The van der Waals surface area contributed by atoms with Gasteiger partial charge in [-0.05, 0) is 6.92 Å². The molecule has 0 aliphatic heterocycles. The lowest BCUT2D eigenvalue weighted by molar-refractivity contribution is -0.143. The van der Waals surface area contributed by atoms with Crippen molar-refractivity contribution in [2.45, 2.75) is 39.5 Å². The van der Waals surface area contributed by atoms with Gasteiger partial charge in [-0.3, -0.25) is 14.9 Å². The Morgan fingerprint density at radius 2 is 2.10 bits per heavy atom. The summed E-state index contributed by atoms with van der Waals surface area (Å²) in [4.78, 5) is 22.8. The normalized spacial score (nSPS) is 11.2. The lowest BCUT2D eigenvalue weighted by atomic mass is 9.92. The van der Waals surface area contributed by atoms with Gasteiger partial charge in [-0.25, -0.2) is 0 Å². The van der Waals surface area contributed by atoms with Crippen molar-refractivity contribution in [1.29, 1.82) is 0 Å². The van der Waals surface area contributed by atoms with Crippen molar-refractivity contribution in [2.24, 2.45) is 0 Å². The number of ether oxygens (including phenoxy) is 1. The van der Waals surface area contributed by atoms with Gasteiger partial charge in [-0.15, -0.1) is 0 Å². The Kier molecular flexibility index (Phi) is 6.36. The summed E-state index contributed by atoms with van der Waals surface area (Å²) in [6, 6.07) is 1.70. The van der Waals surface area contributed by atoms with Crippen LogP contribution in [0.4, 0.5) is 5.88 Å². The number of nitrogens with zero attached hydrogens (tertiary/aromatic N) is 1. The molecule has 7 nitrogen and oxygen atoms in total. The highest BCUT2D eigenvalue weighted by Gasteiger charge is 2.19. The average Bonchev–Trinajstić information content (AvgIpc) is 2.83. The topological polar surface area (TPSA) is 93.5 Å². The largest absolute Gasteiger partial charge is 0.466 e. The maximum absolute atomic E-state index is 11.7. The monoisotopic (exact) mass is 297 g/mol. The van der Waals surface area contributed by atoms with Crippen molar-refractivity contribution in [3.63, 3.8) is 0 Å². The third-order valence-electron chi connectivity index (χ3n) is 2.64. The van der Waals surface area contributed by atoms with Crippen LogP contribution >= 0.6 is 0 Å². The molecule has 0 saturated heterocycles. The van der Waals surface area contributed by atoms with E-state index in [-0.39, 0.29) is 30.3 Å². The van der Waals surface area contributed by atoms with E-state index in [1.165, 1.54) is 0 Å². The van der Waals surface area contributed by atoms with Gasteiger partial charge in [-0.1, -0.05) is 25.9 Å². The van der Waals surface area contributed by atoms with E-state index in [1.54, 1.807) is 13.0 Å². The zero-order chi connectivity index (χ0) is 15.9. The Morgan fingerprint density at radius 3 is 2.67 bits per heavy atom. The molecule has 0 unspecified atom stereocenters. The Balaban J connectivity index is 2.28. The molecule has 1 rings (SSSR count). The first-order valence-electron chi connectivity index (χ1n) is 6.96. The number of nitrogens with one attached hydrogen (secondary N) is 2. The van der Waals surface area contributed by atoms with Crippen LogP contribution in [0.15, 0.2) is 10.6 Å². The summed E-state index contributed by atoms with van der Waals surface area (Å²) in [7, 11) is 0. The highest BCUT2D eigenvalue weighted by Crippen LogP contribution is 2.23. The molecule has 1 aromatic rings. The fourth-order valence-corrected chi connectivity index (χ4v) is 1.49. The minimum Gasteiger partial charge on any atom is -0.466 e. The van der Waals surface area contributed by atoms with E-state index in [2.05, 4.69) is 15.8 Å². The molecule has 0 spiro atoms. The summed E-state index contributed by atoms with van der Waals surface area (Å²) in [5, 5.41) is 9.37. The zero-order valence-electron chi connectivity index (χ0n) is 13.0. The molecule has 0 radical (unpaired) electrons. The number of carbonyl (C=O) groups is 2. The molecule has 2 N–H and O–H groups in total. The Hall–Kier alpha value is -1.89. The predicted octanol–water partition coefficient (Wildman–Crippen LogP) is 1.45. The van der Waals surface area contributed by atoms with E-state index in [0.717, 1.165) is 5.69 Å². The standard InChI is InChI=1S/C14H23N3O4/c1-5-20-13(19)6-7-15-9-11(18)16-12-8-10(17-21-12)14(2,3)4/h8,15H,5-7,9H2,1-4H3,(H,16,18). The van der Waals surface area contributed by atoms with E-state index in [0.29, 0.717) is 19.0 Å². The minimum atomic E-state index is -0.282. The maximum Gasteiger partial charge on any atom is 0.307 e. The molecule has 1 heterocycles. The van der Waals surface area contributed by atoms with Crippen LogP contribution in [0, 0.1) is 0 Å². The molecule has 0 aromatic carbocycles. The van der Waals surface area contributed by atoms with Crippen molar-refractivity contribution < 1.29 is 18.8 Å². The van der Waals surface area contributed by atoms with Crippen molar-refractivity contribution in [2.75, 3.05) is 25.0 Å². The number of amides is 1. The fraction of sp³-hybridized carbons (Fsp3) is 0.643. The van der Waals surface area contributed by atoms with E-state index in [9.17, 15) is 9.59 Å². The molecule has 118 valence electrons. The molecule has 21 heavy (non-hydrogen) atoms. The average molecular weight is 297 g/mol. The number of hydrogen-bond donors (Lipinski definition) is 2. The molecule has 1 amide bonds. The van der Waals surface area contributed by atoms with Gasteiger partial charge in [0.1, 0.15) is 0 Å². The highest BCUT2D eigenvalue weighted by molar-refractivity contribution is 5.91. The van der Waals surface area contributed by atoms with Gasteiger partial charge in [0.25, 0.3) is 0 Å². The van der Waals surface area contributed by atoms with Crippen LogP contribution in [0.1, 0.15) is 39.8 Å². The third kappa shape index (κ3) is 6.40. The second-order valence-electron chi connectivity index (χ2n) is 5.61. The fourth-order valence-electron chi connectivity index (χ4n) is 1.49. The van der Waals surface area contributed by atoms with E-state index >= 15 is 0 Å². The number of rotatable bonds is 7. The second-order valence-corrected chi connectivity index (χ2v) is 5.61. The van der Waals surface area contributed by atoms with Crippen LogP contribution in [-0.2, 0) is 19.7 Å². The van der Waals surface area contributed by atoms with Crippen LogP contribution < -0.4 is 10.6 Å². The summed E-state index contributed by atoms with van der Waals surface area (Å²) >= 11 is 0. The number of carbonyl (C=O) groups excluding carboxylic acids is 2. The highest BCUT2D eigenvalue weighted by atomic mass is 16.5. The lowest BCUT2D eigenvalue weighted by Gasteiger charge is -2.12. The van der Waals surface area contributed by atoms with Crippen LogP contribution in [0.25, 0.3) is 0 Å². The molecular formula is C14H23N3O4. The van der Waals surface area contributed by atoms with Gasteiger partial charge in [0, 0.05) is 18.0 Å². The van der Waals surface area contributed by atoms with Gasteiger partial charge in [-0.2, -0.15) is 0 Å². The molecule has 0 fully saturated rings. The summed E-state index contributed by atoms with van der Waals surface area (Å²) < 4.78 is 9.83. The quantitative estimate of drug-likeness (QED) is 0.584. The lowest BCUT2D eigenvalue weighted by Crippen LogP contribution is -2.29. The van der Waals surface area contributed by atoms with Crippen molar-refractivity contribution in [3.8, 4) is 0 Å². The molecule has 0 saturated carbocycles. The van der Waals surface area contributed by atoms with Crippen LogP contribution in [0.3, 0.4) is 0 Å². The summed E-state index contributed by atoms with van der Waals surface area (Å²) in [6.07, 6.45) is 0.234. The van der Waals surface area contributed by atoms with Gasteiger partial charge >= 0.3 is 5.97 Å². The smallest absolute Gasteiger partial charge is 0.307 e. The van der Waals surface area contributed by atoms with Gasteiger partial charge in [0.05, 0.1) is 25.3 Å². The Bertz CT molecular complexity index is 477. The van der Waals surface area contributed by atoms with Crippen LogP contribution in [0.5, 0.6) is 0 Å². The summed E-state index contributed by atoms with van der Waals surface area (Å²) in [5.41, 5.74) is 0.637. The van der Waals surface area contributed by atoms with E-state index in [1.807, 2.05) is 20.8 Å². The molecule has 1 aromatic heterocycles. The molecule has 7 heteroatoms. The van der Waals surface area contributed by atoms with Crippen molar-refractivity contribution in [3.05, 3.63) is 11.8 Å². The summed E-state index contributed by atoms with van der Waals surface area (Å²) in [5.74, 6) is -0.219. The predicted molar refractivity (Wildman–Crippen MR) is 78.0 cm³/mol. The van der Waals surface area contributed by atoms with Gasteiger partial charge in [0.2, 0.25) is 11.8 Å². The van der Waals surface area contributed by atoms with E-state index in [4.69, 9.17) is 9.26 Å². The number of esters is 1. The minimum absolute atomic E-state index is 0.0883. The first-order chi connectivity index (χ1) is 9.82. The summed E-state index contributed by atoms with van der Waals surface area (Å²) in [6.45, 7) is 8.61. The number of anilines is 1. The Morgan fingerprint density at radius 1 is 1.38 bits per heavy atom. The first kappa shape index (κ1) is 17.2. The first-order valence-corrected chi connectivity index (χ1v) is 6.96. The molecular weight excluding hydrogens is 274 g/mol. The third-order valence-corrected chi connectivity index (χ3v) is 2.64. The van der Waals surface area contributed by atoms with Crippen molar-refractivity contribution in [1.82, 2.24) is 10.5 Å². The van der Waals surface area contributed by atoms with Crippen LogP contribution in [0.2, 0.25) is 0 Å². The molecule has 0 aliphatic carbocycles. The zero-order valence-corrected chi connectivity index (χ0v) is 13.0. The number of hydrogen-bond acceptors (Lipinski definition) is 6. The SMILES string of the molecule is CCOC(=O)CCNCC(=O)Nc1cc(C(C)(C)C)no1. The molecule has 0 aliphatic rings. The number of aromatic nitrogens is 1. The van der Waals surface area contributed by atoms with Crippen LogP contribution in [-0.4, -0.2) is 36.7 Å². The van der Waals surface area contributed by atoms with Gasteiger partial charge < -0.3 is 14.6 Å². The Labute approximate surface area is 124 Å². The van der Waals surface area contributed by atoms with Crippen molar-refractivity contribution >= 4 is 17.8 Å². The molecule has 0 atom stereocenters. The van der Waals surface area contributed by atoms with E-state index < -0.39 is 0 Å². The second kappa shape index (κ2) is 7.78.